The number of anilines is 1. The molecule has 2 aromatic carbocycles. The van der Waals surface area contributed by atoms with E-state index < -0.39 is 0 Å². The van der Waals surface area contributed by atoms with Gasteiger partial charge in [0.1, 0.15) is 12.4 Å². The van der Waals surface area contributed by atoms with Crippen LogP contribution in [0.4, 0.5) is 5.69 Å². The normalized spacial score (nSPS) is 10.1. The van der Waals surface area contributed by atoms with E-state index in [1.807, 2.05) is 44.2 Å². The lowest BCUT2D eigenvalue weighted by atomic mass is 10.2. The smallest absolute Gasteiger partial charge is 0.251 e. The number of carbonyl (C=O) groups is 2. The topological polar surface area (TPSA) is 79.5 Å². The molecule has 0 saturated carbocycles. The van der Waals surface area contributed by atoms with Crippen LogP contribution in [0, 0.1) is 6.92 Å². The first-order valence-corrected chi connectivity index (χ1v) is 9.17. The highest BCUT2D eigenvalue weighted by molar-refractivity contribution is 5.95. The average molecular weight is 369 g/mol. The van der Waals surface area contributed by atoms with Crippen molar-refractivity contribution >= 4 is 17.5 Å². The van der Waals surface area contributed by atoms with Crippen molar-refractivity contribution in [1.82, 2.24) is 10.6 Å². The van der Waals surface area contributed by atoms with Gasteiger partial charge < -0.3 is 20.7 Å². The Balaban J connectivity index is 1.70. The zero-order chi connectivity index (χ0) is 19.5. The summed E-state index contributed by atoms with van der Waals surface area (Å²) in [5.41, 5.74) is 2.43. The van der Waals surface area contributed by atoms with Crippen LogP contribution in [-0.4, -0.2) is 38.1 Å². The van der Waals surface area contributed by atoms with Gasteiger partial charge in [0.25, 0.3) is 5.91 Å². The molecule has 3 N–H and O–H groups in total. The Morgan fingerprint density at radius 3 is 2.59 bits per heavy atom. The zero-order valence-corrected chi connectivity index (χ0v) is 15.9. The van der Waals surface area contributed by atoms with Gasteiger partial charge in [-0.15, -0.1) is 0 Å². The van der Waals surface area contributed by atoms with E-state index in [2.05, 4.69) is 16.0 Å². The lowest BCUT2D eigenvalue weighted by Crippen LogP contribution is -2.33. The third kappa shape index (κ3) is 7.40. The van der Waals surface area contributed by atoms with E-state index in [0.717, 1.165) is 23.4 Å². The Labute approximate surface area is 160 Å². The fraction of sp³-hybridized carbons (Fsp3) is 0.333. The molecule has 6 heteroatoms. The molecule has 0 fully saturated rings. The van der Waals surface area contributed by atoms with E-state index in [0.29, 0.717) is 25.3 Å². The van der Waals surface area contributed by atoms with Crippen LogP contribution in [0.3, 0.4) is 0 Å². The fourth-order valence-corrected chi connectivity index (χ4v) is 2.42. The lowest BCUT2D eigenvalue weighted by Gasteiger charge is -2.10. The second kappa shape index (κ2) is 10.9. The standard InChI is InChI=1S/C21H27N3O3/c1-3-10-23-21(26)17-7-5-8-18(14-17)24-15-20(25)22-11-12-27-19-9-4-6-16(2)13-19/h4-9,13-14,24H,3,10-12,15H2,1-2H3,(H,22,25)(H,23,26). The summed E-state index contributed by atoms with van der Waals surface area (Å²) in [5, 5.41) is 8.66. The van der Waals surface area contributed by atoms with E-state index in [-0.39, 0.29) is 18.4 Å². The lowest BCUT2D eigenvalue weighted by molar-refractivity contribution is -0.119. The van der Waals surface area contributed by atoms with Gasteiger partial charge in [-0.2, -0.15) is 0 Å². The first kappa shape index (κ1) is 20.3. The SMILES string of the molecule is CCCNC(=O)c1cccc(NCC(=O)NCCOc2cccc(C)c2)c1. The first-order chi connectivity index (χ1) is 13.1. The predicted octanol–water partition coefficient (Wildman–Crippen LogP) is 2.74. The van der Waals surface area contributed by atoms with Gasteiger partial charge in [-0.05, 0) is 49.2 Å². The van der Waals surface area contributed by atoms with Crippen LogP contribution in [0.1, 0.15) is 29.3 Å². The summed E-state index contributed by atoms with van der Waals surface area (Å²) >= 11 is 0. The van der Waals surface area contributed by atoms with Gasteiger partial charge in [-0.3, -0.25) is 9.59 Å². The Bertz CT molecular complexity index is 762. The molecule has 0 aliphatic heterocycles. The minimum absolute atomic E-state index is 0.113. The molecule has 0 aromatic heterocycles. The summed E-state index contributed by atoms with van der Waals surface area (Å²) in [6, 6.07) is 14.9. The molecule has 0 bridgehead atoms. The predicted molar refractivity (Wildman–Crippen MR) is 107 cm³/mol. The quantitative estimate of drug-likeness (QED) is 0.563. The van der Waals surface area contributed by atoms with Crippen LogP contribution in [-0.2, 0) is 4.79 Å². The Kier molecular flexibility index (Phi) is 8.16. The molecule has 0 radical (unpaired) electrons. The van der Waals surface area contributed by atoms with Crippen LogP contribution in [0.25, 0.3) is 0 Å². The number of hydrogen-bond acceptors (Lipinski definition) is 4. The van der Waals surface area contributed by atoms with Crippen molar-refractivity contribution in [2.75, 3.05) is 31.6 Å². The monoisotopic (exact) mass is 369 g/mol. The summed E-state index contributed by atoms with van der Waals surface area (Å²) in [7, 11) is 0. The minimum atomic E-state index is -0.135. The molecule has 0 aliphatic carbocycles. The molecule has 2 rings (SSSR count). The number of hydrogen-bond donors (Lipinski definition) is 3. The molecule has 0 atom stereocenters. The summed E-state index contributed by atoms with van der Waals surface area (Å²) in [5.74, 6) is 0.544. The van der Waals surface area contributed by atoms with Crippen LogP contribution in [0.5, 0.6) is 5.75 Å². The number of rotatable bonds is 10. The highest BCUT2D eigenvalue weighted by Crippen LogP contribution is 2.12. The van der Waals surface area contributed by atoms with Gasteiger partial charge in [0.05, 0.1) is 13.1 Å². The molecule has 2 amide bonds. The van der Waals surface area contributed by atoms with Gasteiger partial charge in [0.2, 0.25) is 5.91 Å². The average Bonchev–Trinajstić information content (AvgIpc) is 2.68. The molecule has 0 heterocycles. The van der Waals surface area contributed by atoms with Crippen LogP contribution in [0.2, 0.25) is 0 Å². The highest BCUT2D eigenvalue weighted by atomic mass is 16.5. The van der Waals surface area contributed by atoms with E-state index in [1.165, 1.54) is 0 Å². The minimum Gasteiger partial charge on any atom is -0.492 e. The molecule has 144 valence electrons. The Morgan fingerprint density at radius 1 is 1.00 bits per heavy atom. The molecule has 2 aromatic rings. The van der Waals surface area contributed by atoms with Crippen molar-refractivity contribution in [3.63, 3.8) is 0 Å². The molecular weight excluding hydrogens is 342 g/mol. The molecule has 0 aliphatic rings. The number of amides is 2. The fourth-order valence-electron chi connectivity index (χ4n) is 2.42. The molecule has 6 nitrogen and oxygen atoms in total. The van der Waals surface area contributed by atoms with Crippen LogP contribution in [0.15, 0.2) is 48.5 Å². The third-order valence-electron chi connectivity index (χ3n) is 3.80. The second-order valence-corrected chi connectivity index (χ2v) is 6.21. The van der Waals surface area contributed by atoms with Crippen molar-refractivity contribution < 1.29 is 14.3 Å². The van der Waals surface area contributed by atoms with Crippen molar-refractivity contribution in [1.29, 1.82) is 0 Å². The van der Waals surface area contributed by atoms with Crippen LogP contribution >= 0.6 is 0 Å². The summed E-state index contributed by atoms with van der Waals surface area (Å²) in [6.45, 7) is 5.61. The zero-order valence-electron chi connectivity index (χ0n) is 15.9. The number of benzene rings is 2. The Morgan fingerprint density at radius 2 is 1.81 bits per heavy atom. The third-order valence-corrected chi connectivity index (χ3v) is 3.80. The number of nitrogens with one attached hydrogen (secondary N) is 3. The van der Waals surface area contributed by atoms with Gasteiger partial charge in [-0.25, -0.2) is 0 Å². The van der Waals surface area contributed by atoms with Crippen molar-refractivity contribution in [3.8, 4) is 5.75 Å². The maximum absolute atomic E-state index is 12.0. The molecule has 0 saturated heterocycles. The molecule has 0 spiro atoms. The summed E-state index contributed by atoms with van der Waals surface area (Å²) in [6.07, 6.45) is 0.886. The molecular formula is C21H27N3O3. The molecule has 27 heavy (non-hydrogen) atoms. The van der Waals surface area contributed by atoms with E-state index in [1.54, 1.807) is 18.2 Å². The highest BCUT2D eigenvalue weighted by Gasteiger charge is 2.06. The van der Waals surface area contributed by atoms with E-state index in [9.17, 15) is 9.59 Å². The van der Waals surface area contributed by atoms with Gasteiger partial charge in [-0.1, -0.05) is 25.1 Å². The maximum atomic E-state index is 12.0. The van der Waals surface area contributed by atoms with E-state index in [4.69, 9.17) is 4.74 Å². The second-order valence-electron chi connectivity index (χ2n) is 6.21. The van der Waals surface area contributed by atoms with Gasteiger partial charge >= 0.3 is 0 Å². The van der Waals surface area contributed by atoms with E-state index >= 15 is 0 Å². The number of ether oxygens (including phenoxy) is 1. The number of aryl methyl sites for hydroxylation is 1. The van der Waals surface area contributed by atoms with Gasteiger partial charge in [0.15, 0.2) is 0 Å². The largest absolute Gasteiger partial charge is 0.492 e. The van der Waals surface area contributed by atoms with Crippen molar-refractivity contribution in [3.05, 3.63) is 59.7 Å². The number of carbonyl (C=O) groups excluding carboxylic acids is 2. The van der Waals surface area contributed by atoms with Gasteiger partial charge in [0, 0.05) is 17.8 Å². The van der Waals surface area contributed by atoms with Crippen LogP contribution < -0.4 is 20.7 Å². The molecule has 0 unspecified atom stereocenters. The Hall–Kier alpha value is -3.02. The summed E-state index contributed by atoms with van der Waals surface area (Å²) in [4.78, 5) is 23.9. The maximum Gasteiger partial charge on any atom is 0.251 e. The summed E-state index contributed by atoms with van der Waals surface area (Å²) < 4.78 is 5.59. The first-order valence-electron chi connectivity index (χ1n) is 9.17. The van der Waals surface area contributed by atoms with Crippen molar-refractivity contribution in [2.24, 2.45) is 0 Å². The van der Waals surface area contributed by atoms with Crippen molar-refractivity contribution in [2.45, 2.75) is 20.3 Å².